The highest BCUT2D eigenvalue weighted by Gasteiger charge is 2.23. The van der Waals surface area contributed by atoms with Crippen molar-refractivity contribution in [2.24, 2.45) is 0 Å². The van der Waals surface area contributed by atoms with Crippen molar-refractivity contribution < 1.29 is 4.79 Å². The van der Waals surface area contributed by atoms with E-state index in [1.165, 1.54) is 5.56 Å². The highest BCUT2D eigenvalue weighted by Crippen LogP contribution is 2.20. The first-order chi connectivity index (χ1) is 12.6. The number of amides is 1. The van der Waals surface area contributed by atoms with Crippen LogP contribution in [0.25, 0.3) is 5.69 Å². The molecule has 3 rings (SSSR count). The van der Waals surface area contributed by atoms with Gasteiger partial charge in [0.1, 0.15) is 0 Å². The van der Waals surface area contributed by atoms with Gasteiger partial charge in [-0.05, 0) is 49.4 Å². The number of carbonyl (C=O) groups excluding carboxylic acids is 1. The second-order valence-electron chi connectivity index (χ2n) is 7.31. The quantitative estimate of drug-likeness (QED) is 0.792. The number of carbonyl (C=O) groups is 1. The minimum absolute atomic E-state index is 0. The molecule has 1 aromatic carbocycles. The second-order valence-corrected chi connectivity index (χ2v) is 7.31. The molecule has 7 heteroatoms. The summed E-state index contributed by atoms with van der Waals surface area (Å²) in [7, 11) is 0. The van der Waals surface area contributed by atoms with E-state index in [0.717, 1.165) is 50.2 Å². The van der Waals surface area contributed by atoms with E-state index in [9.17, 15) is 4.79 Å². The molecule has 2 N–H and O–H groups in total. The summed E-state index contributed by atoms with van der Waals surface area (Å²) in [6, 6.07) is 8.47. The van der Waals surface area contributed by atoms with E-state index in [0.29, 0.717) is 11.6 Å². The van der Waals surface area contributed by atoms with Gasteiger partial charge in [-0.25, -0.2) is 4.68 Å². The van der Waals surface area contributed by atoms with Crippen molar-refractivity contribution in [2.45, 2.75) is 58.4 Å². The molecule has 0 spiro atoms. The molecule has 2 heterocycles. The Labute approximate surface area is 167 Å². The van der Waals surface area contributed by atoms with E-state index < -0.39 is 0 Å². The molecule has 148 valence electrons. The number of aromatic nitrogens is 3. The molecule has 1 aliphatic heterocycles. The molecule has 6 nitrogen and oxygen atoms in total. The molecule has 0 unspecified atom stereocenters. The molecule has 0 saturated carbocycles. The van der Waals surface area contributed by atoms with Gasteiger partial charge in [0.15, 0.2) is 5.69 Å². The first-order valence-corrected chi connectivity index (χ1v) is 9.66. The Morgan fingerprint density at radius 1 is 1.41 bits per heavy atom. The van der Waals surface area contributed by atoms with Crippen LogP contribution in [0.3, 0.4) is 0 Å². The van der Waals surface area contributed by atoms with E-state index in [-0.39, 0.29) is 24.4 Å². The summed E-state index contributed by atoms with van der Waals surface area (Å²) in [5.74, 6) is 0.322. The maximum absolute atomic E-state index is 12.8. The van der Waals surface area contributed by atoms with E-state index >= 15 is 0 Å². The molecule has 1 amide bonds. The van der Waals surface area contributed by atoms with Gasteiger partial charge in [-0.3, -0.25) is 4.79 Å². The summed E-state index contributed by atoms with van der Waals surface area (Å²) < 4.78 is 1.82. The van der Waals surface area contributed by atoms with Gasteiger partial charge in [-0.15, -0.1) is 17.5 Å². The fourth-order valence-electron chi connectivity index (χ4n) is 3.39. The van der Waals surface area contributed by atoms with Crippen molar-refractivity contribution in [2.75, 3.05) is 13.1 Å². The average Bonchev–Trinajstić information content (AvgIpc) is 3.07. The van der Waals surface area contributed by atoms with E-state index in [1.807, 2.05) is 16.8 Å². The Bertz CT molecular complexity index is 753. The highest BCUT2D eigenvalue weighted by molar-refractivity contribution is 5.93. The fraction of sp³-hybridized carbons (Fsp3) is 0.550. The third-order valence-corrected chi connectivity index (χ3v) is 4.88. The maximum Gasteiger partial charge on any atom is 0.274 e. The van der Waals surface area contributed by atoms with Gasteiger partial charge in [-0.2, -0.15) is 0 Å². The average molecular weight is 392 g/mol. The predicted octanol–water partition coefficient (Wildman–Crippen LogP) is 3.25. The Morgan fingerprint density at radius 3 is 2.89 bits per heavy atom. The lowest BCUT2D eigenvalue weighted by Crippen LogP contribution is -2.45. The number of piperidine rings is 1. The van der Waals surface area contributed by atoms with Crippen molar-refractivity contribution >= 4 is 18.3 Å². The van der Waals surface area contributed by atoms with Crippen molar-refractivity contribution in [3.8, 4) is 5.69 Å². The normalized spacial score (nSPS) is 16.8. The summed E-state index contributed by atoms with van der Waals surface area (Å²) in [6.07, 6.45) is 3.79. The number of hydrogen-bond donors (Lipinski definition) is 2. The first kappa shape index (κ1) is 21.4. The number of benzene rings is 1. The number of rotatable bonds is 6. The van der Waals surface area contributed by atoms with Crippen molar-refractivity contribution in [3.63, 3.8) is 0 Å². The predicted molar refractivity (Wildman–Crippen MR) is 110 cm³/mol. The molecule has 1 aromatic heterocycles. The summed E-state index contributed by atoms with van der Waals surface area (Å²) in [6.45, 7) is 8.29. The van der Waals surface area contributed by atoms with Crippen LogP contribution in [0.2, 0.25) is 0 Å². The molecule has 27 heavy (non-hydrogen) atoms. The van der Waals surface area contributed by atoms with Gasteiger partial charge >= 0.3 is 0 Å². The Hall–Kier alpha value is -1.92. The highest BCUT2D eigenvalue weighted by atomic mass is 35.5. The lowest BCUT2D eigenvalue weighted by Gasteiger charge is -2.23. The molecule has 0 radical (unpaired) electrons. The molecule has 2 aromatic rings. The molecule has 1 aliphatic rings. The van der Waals surface area contributed by atoms with Gasteiger partial charge in [0.05, 0.1) is 11.4 Å². The minimum Gasteiger partial charge on any atom is -0.347 e. The lowest BCUT2D eigenvalue weighted by atomic mass is 10.0. The summed E-state index contributed by atoms with van der Waals surface area (Å²) in [4.78, 5) is 12.8. The standard InChI is InChI=1S/C20H29N5O.ClH/c1-4-7-18-19(20(26)22-16-9-6-11-21-13-16)23-24-25(18)17-10-5-8-15(12-17)14(2)3;/h5,8,10,12,14,16,21H,4,6-7,9,11,13H2,1-3H3,(H,22,26);1H/t16-;/m0./s1. The zero-order chi connectivity index (χ0) is 18.5. The Balaban J connectivity index is 0.00000261. The number of nitrogens with zero attached hydrogens (tertiary/aromatic N) is 3. The molecular weight excluding hydrogens is 362 g/mol. The molecular formula is C20H30ClN5O. The van der Waals surface area contributed by atoms with Crippen LogP contribution in [-0.4, -0.2) is 40.0 Å². The summed E-state index contributed by atoms with van der Waals surface area (Å²) >= 11 is 0. The first-order valence-electron chi connectivity index (χ1n) is 9.66. The van der Waals surface area contributed by atoms with Crippen molar-refractivity contribution in [1.29, 1.82) is 0 Å². The van der Waals surface area contributed by atoms with Crippen LogP contribution >= 0.6 is 12.4 Å². The van der Waals surface area contributed by atoms with Gasteiger partial charge in [0, 0.05) is 12.6 Å². The van der Waals surface area contributed by atoms with Crippen molar-refractivity contribution in [3.05, 3.63) is 41.2 Å². The van der Waals surface area contributed by atoms with Gasteiger partial charge in [0.25, 0.3) is 5.91 Å². The van der Waals surface area contributed by atoms with Crippen LogP contribution in [0.15, 0.2) is 24.3 Å². The van der Waals surface area contributed by atoms with Crippen LogP contribution in [0.1, 0.15) is 67.7 Å². The van der Waals surface area contributed by atoms with E-state index in [1.54, 1.807) is 0 Å². The monoisotopic (exact) mass is 391 g/mol. The van der Waals surface area contributed by atoms with Crippen LogP contribution in [0.5, 0.6) is 0 Å². The number of halogens is 1. The van der Waals surface area contributed by atoms with Crippen molar-refractivity contribution in [1.82, 2.24) is 25.6 Å². The Morgan fingerprint density at radius 2 is 2.22 bits per heavy atom. The fourth-order valence-corrected chi connectivity index (χ4v) is 3.39. The zero-order valence-electron chi connectivity index (χ0n) is 16.4. The van der Waals surface area contributed by atoms with Crippen LogP contribution in [0, 0.1) is 0 Å². The Kier molecular flexibility index (Phi) is 7.80. The molecule has 0 bridgehead atoms. The molecule has 1 atom stereocenters. The SMILES string of the molecule is CCCc1c(C(=O)N[C@H]2CCCNC2)nnn1-c1cccc(C(C)C)c1.Cl. The minimum atomic E-state index is -0.117. The largest absolute Gasteiger partial charge is 0.347 e. The van der Waals surface area contributed by atoms with E-state index in [4.69, 9.17) is 0 Å². The molecule has 1 saturated heterocycles. The van der Waals surface area contributed by atoms with Crippen LogP contribution in [0.4, 0.5) is 0 Å². The molecule has 0 aliphatic carbocycles. The lowest BCUT2D eigenvalue weighted by molar-refractivity contribution is 0.0924. The topological polar surface area (TPSA) is 71.8 Å². The number of hydrogen-bond acceptors (Lipinski definition) is 4. The third kappa shape index (κ3) is 5.08. The van der Waals surface area contributed by atoms with Gasteiger partial charge < -0.3 is 10.6 Å². The zero-order valence-corrected chi connectivity index (χ0v) is 17.2. The van der Waals surface area contributed by atoms with Crippen LogP contribution in [-0.2, 0) is 6.42 Å². The third-order valence-electron chi connectivity index (χ3n) is 4.88. The summed E-state index contributed by atoms with van der Waals surface area (Å²) in [5, 5.41) is 15.0. The molecule has 1 fully saturated rings. The van der Waals surface area contributed by atoms with Gasteiger partial charge in [-0.1, -0.05) is 44.5 Å². The maximum atomic E-state index is 12.8. The van der Waals surface area contributed by atoms with Gasteiger partial charge in [0.2, 0.25) is 0 Å². The summed E-state index contributed by atoms with van der Waals surface area (Å²) in [5.41, 5.74) is 3.55. The smallest absolute Gasteiger partial charge is 0.274 e. The van der Waals surface area contributed by atoms with Crippen LogP contribution < -0.4 is 10.6 Å². The number of nitrogens with one attached hydrogen (secondary N) is 2. The second kappa shape index (κ2) is 9.85. The van der Waals surface area contributed by atoms with E-state index in [2.05, 4.69) is 53.8 Å².